The summed E-state index contributed by atoms with van der Waals surface area (Å²) in [6.45, 7) is 0. The van der Waals surface area contributed by atoms with Crippen molar-refractivity contribution in [3.8, 4) is 56.3 Å². The summed E-state index contributed by atoms with van der Waals surface area (Å²) in [5, 5.41) is 4.82. The second-order valence-corrected chi connectivity index (χ2v) is 14.2. The lowest BCUT2D eigenvalue weighted by molar-refractivity contribution is 0.992. The van der Waals surface area contributed by atoms with Crippen molar-refractivity contribution in [2.75, 3.05) is 0 Å². The van der Waals surface area contributed by atoms with Crippen molar-refractivity contribution in [2.45, 2.75) is 0 Å². The SMILES string of the molecule is c1ccc(-c2ccccc2-c2ccccc2-c2ccnc(-n3c4ccccc4c4cc(-c5ccc6c7ccccc7n(-c7ccccc7)c6c5)ccc43)n2)cc1. The van der Waals surface area contributed by atoms with Gasteiger partial charge in [0.15, 0.2) is 0 Å². The fraction of sp³-hybridized carbons (Fsp3) is 0. The number of aromatic nitrogens is 4. The van der Waals surface area contributed by atoms with E-state index in [1.807, 2.05) is 12.3 Å². The van der Waals surface area contributed by atoms with E-state index in [0.717, 1.165) is 49.9 Å². The van der Waals surface area contributed by atoms with Gasteiger partial charge >= 0.3 is 0 Å². The van der Waals surface area contributed by atoms with E-state index < -0.39 is 0 Å². The molecule has 0 spiro atoms. The zero-order valence-electron chi connectivity index (χ0n) is 30.4. The van der Waals surface area contributed by atoms with Gasteiger partial charge in [0.25, 0.3) is 0 Å². The van der Waals surface area contributed by atoms with Gasteiger partial charge in [-0.3, -0.25) is 4.57 Å². The number of nitrogens with zero attached hydrogens (tertiary/aromatic N) is 4. The van der Waals surface area contributed by atoms with Crippen molar-refractivity contribution in [3.63, 3.8) is 0 Å². The molecule has 56 heavy (non-hydrogen) atoms. The van der Waals surface area contributed by atoms with Crippen molar-refractivity contribution in [1.82, 2.24) is 19.1 Å². The molecule has 8 aromatic carbocycles. The molecule has 0 aliphatic heterocycles. The lowest BCUT2D eigenvalue weighted by Crippen LogP contribution is -2.02. The molecule has 0 saturated carbocycles. The van der Waals surface area contributed by atoms with E-state index in [1.54, 1.807) is 0 Å². The minimum absolute atomic E-state index is 0.640. The first-order valence-corrected chi connectivity index (χ1v) is 19.0. The standard InChI is InChI=1S/C52H34N4/c1-3-15-35(16-4-1)39-19-7-8-20-40(39)41-21-9-10-22-42(41)47-31-32-53-52(54-47)56-49-26-14-12-24-44(49)46-33-36(28-30-50(46)56)37-27-29-45-43-23-11-13-25-48(43)55(51(45)34-37)38-17-5-2-6-18-38/h1-34H. The van der Waals surface area contributed by atoms with Crippen LogP contribution in [0, 0.1) is 0 Å². The predicted octanol–water partition coefficient (Wildman–Crippen LogP) is 13.3. The summed E-state index contributed by atoms with van der Waals surface area (Å²) >= 11 is 0. The number of hydrogen-bond donors (Lipinski definition) is 0. The third-order valence-corrected chi connectivity index (χ3v) is 11.0. The van der Waals surface area contributed by atoms with E-state index >= 15 is 0 Å². The molecule has 3 heterocycles. The van der Waals surface area contributed by atoms with Gasteiger partial charge < -0.3 is 4.57 Å². The third kappa shape index (κ3) is 5.15. The van der Waals surface area contributed by atoms with Crippen molar-refractivity contribution in [2.24, 2.45) is 0 Å². The highest BCUT2D eigenvalue weighted by atomic mass is 15.2. The molecule has 0 aliphatic rings. The second kappa shape index (κ2) is 13.1. The highest BCUT2D eigenvalue weighted by molar-refractivity contribution is 6.12. The Morgan fingerprint density at radius 3 is 1.62 bits per heavy atom. The van der Waals surface area contributed by atoms with Crippen LogP contribution in [0.3, 0.4) is 0 Å². The topological polar surface area (TPSA) is 35.6 Å². The van der Waals surface area contributed by atoms with Gasteiger partial charge in [-0.05, 0) is 81.9 Å². The van der Waals surface area contributed by atoms with Gasteiger partial charge in [0.05, 0.1) is 27.8 Å². The van der Waals surface area contributed by atoms with Crippen LogP contribution in [0.2, 0.25) is 0 Å². The number of fused-ring (bicyclic) bond motifs is 6. The van der Waals surface area contributed by atoms with E-state index in [4.69, 9.17) is 9.97 Å². The predicted molar refractivity (Wildman–Crippen MR) is 232 cm³/mol. The van der Waals surface area contributed by atoms with Gasteiger partial charge in [0.1, 0.15) is 0 Å². The summed E-state index contributed by atoms with van der Waals surface area (Å²) in [7, 11) is 0. The van der Waals surface area contributed by atoms with Crippen LogP contribution in [0.1, 0.15) is 0 Å². The molecule has 0 unspecified atom stereocenters. The maximum absolute atomic E-state index is 5.30. The Kier molecular flexibility index (Phi) is 7.46. The molecule has 0 radical (unpaired) electrons. The van der Waals surface area contributed by atoms with E-state index in [-0.39, 0.29) is 0 Å². The normalized spacial score (nSPS) is 11.6. The van der Waals surface area contributed by atoms with Crippen LogP contribution in [0.25, 0.3) is 99.9 Å². The molecule has 0 atom stereocenters. The van der Waals surface area contributed by atoms with Crippen molar-refractivity contribution in [3.05, 3.63) is 206 Å². The average Bonchev–Trinajstić information content (AvgIpc) is 3.79. The minimum atomic E-state index is 0.640. The maximum atomic E-state index is 5.30. The highest BCUT2D eigenvalue weighted by Crippen LogP contribution is 2.40. The molecule has 0 fully saturated rings. The van der Waals surface area contributed by atoms with Gasteiger partial charge in [0, 0.05) is 39.0 Å². The van der Waals surface area contributed by atoms with Gasteiger partial charge in [-0.15, -0.1) is 0 Å². The molecule has 0 N–H and O–H groups in total. The number of hydrogen-bond acceptors (Lipinski definition) is 2. The third-order valence-electron chi connectivity index (χ3n) is 11.0. The smallest absolute Gasteiger partial charge is 0.235 e. The summed E-state index contributed by atoms with van der Waals surface area (Å²) in [5.41, 5.74) is 14.6. The molecule has 3 aromatic heterocycles. The average molecular weight is 715 g/mol. The Morgan fingerprint density at radius 1 is 0.321 bits per heavy atom. The van der Waals surface area contributed by atoms with Crippen LogP contribution in [0.4, 0.5) is 0 Å². The Labute approximate surface area is 324 Å². The van der Waals surface area contributed by atoms with Crippen LogP contribution in [0.5, 0.6) is 0 Å². The first-order valence-electron chi connectivity index (χ1n) is 19.0. The molecular weight excluding hydrogens is 681 g/mol. The summed E-state index contributed by atoms with van der Waals surface area (Å²) in [6, 6.07) is 71.3. The first kappa shape index (κ1) is 31.9. The van der Waals surface area contributed by atoms with Crippen LogP contribution < -0.4 is 0 Å². The fourth-order valence-electron chi connectivity index (χ4n) is 8.51. The van der Waals surface area contributed by atoms with Crippen molar-refractivity contribution in [1.29, 1.82) is 0 Å². The first-order chi connectivity index (χ1) is 27.8. The second-order valence-electron chi connectivity index (χ2n) is 14.2. The maximum Gasteiger partial charge on any atom is 0.235 e. The molecule has 262 valence electrons. The Balaban J connectivity index is 1.05. The monoisotopic (exact) mass is 714 g/mol. The fourth-order valence-corrected chi connectivity index (χ4v) is 8.51. The highest BCUT2D eigenvalue weighted by Gasteiger charge is 2.19. The molecule has 0 amide bonds. The molecule has 4 heteroatoms. The largest absolute Gasteiger partial charge is 0.309 e. The number of para-hydroxylation sites is 3. The number of rotatable bonds is 6. The molecule has 0 saturated heterocycles. The van der Waals surface area contributed by atoms with Crippen LogP contribution in [0.15, 0.2) is 206 Å². The molecular formula is C52H34N4. The Bertz CT molecular complexity index is 3250. The van der Waals surface area contributed by atoms with E-state index in [0.29, 0.717) is 5.95 Å². The minimum Gasteiger partial charge on any atom is -0.309 e. The molecule has 0 aliphatic carbocycles. The molecule has 11 aromatic rings. The lowest BCUT2D eigenvalue weighted by Gasteiger charge is -2.15. The summed E-state index contributed by atoms with van der Waals surface area (Å²) in [5.74, 6) is 0.640. The summed E-state index contributed by atoms with van der Waals surface area (Å²) in [6.07, 6.45) is 1.88. The van der Waals surface area contributed by atoms with Gasteiger partial charge in [-0.1, -0.05) is 152 Å². The summed E-state index contributed by atoms with van der Waals surface area (Å²) in [4.78, 5) is 10.2. The van der Waals surface area contributed by atoms with Crippen molar-refractivity contribution >= 4 is 43.6 Å². The Morgan fingerprint density at radius 2 is 0.857 bits per heavy atom. The number of benzene rings is 8. The quantitative estimate of drug-likeness (QED) is 0.172. The van der Waals surface area contributed by atoms with Crippen LogP contribution in [-0.2, 0) is 0 Å². The van der Waals surface area contributed by atoms with Gasteiger partial charge in [-0.25, -0.2) is 9.97 Å². The van der Waals surface area contributed by atoms with Gasteiger partial charge in [-0.2, -0.15) is 0 Å². The van der Waals surface area contributed by atoms with Crippen LogP contribution >= 0.6 is 0 Å². The zero-order chi connectivity index (χ0) is 37.0. The van der Waals surface area contributed by atoms with E-state index in [9.17, 15) is 0 Å². The van der Waals surface area contributed by atoms with Gasteiger partial charge in [0.2, 0.25) is 5.95 Å². The zero-order valence-corrected chi connectivity index (χ0v) is 30.4. The lowest BCUT2D eigenvalue weighted by atomic mass is 9.91. The molecule has 0 bridgehead atoms. The summed E-state index contributed by atoms with van der Waals surface area (Å²) < 4.78 is 4.58. The van der Waals surface area contributed by atoms with E-state index in [2.05, 4.69) is 203 Å². The van der Waals surface area contributed by atoms with E-state index in [1.165, 1.54) is 44.1 Å². The Hall–Kier alpha value is -7.56. The molecule has 4 nitrogen and oxygen atoms in total. The van der Waals surface area contributed by atoms with Crippen molar-refractivity contribution < 1.29 is 0 Å². The van der Waals surface area contributed by atoms with Crippen LogP contribution in [-0.4, -0.2) is 19.1 Å². The molecule has 11 rings (SSSR count).